The topological polar surface area (TPSA) is 84.1 Å². The molecule has 0 spiro atoms. The second-order valence-corrected chi connectivity index (χ2v) is 6.47. The van der Waals surface area contributed by atoms with E-state index in [1.807, 2.05) is 6.07 Å². The number of hydrogen-bond acceptors (Lipinski definition) is 5. The summed E-state index contributed by atoms with van der Waals surface area (Å²) in [4.78, 5) is 23.2. The van der Waals surface area contributed by atoms with E-state index in [0.717, 1.165) is 57.6 Å². The molecule has 1 aliphatic heterocycles. The number of piperidine rings is 1. The van der Waals surface area contributed by atoms with Gasteiger partial charge in [0.2, 0.25) is 11.9 Å². The summed E-state index contributed by atoms with van der Waals surface area (Å²) in [6.45, 7) is 1.74. The molecule has 0 radical (unpaired) electrons. The van der Waals surface area contributed by atoms with Crippen molar-refractivity contribution in [3.05, 3.63) is 18.5 Å². The van der Waals surface area contributed by atoms with Gasteiger partial charge in [-0.1, -0.05) is 6.42 Å². The molecule has 8 heteroatoms. The Morgan fingerprint density at radius 1 is 1.17 bits per heavy atom. The number of carbonyl (C=O) groups excluding carboxylic acids is 1. The van der Waals surface area contributed by atoms with Gasteiger partial charge in [-0.25, -0.2) is 9.97 Å². The second kappa shape index (κ2) is 10.0. The third-order valence-corrected chi connectivity index (χ3v) is 4.69. The Hall–Kier alpha value is -1.11. The molecule has 0 aromatic carbocycles. The maximum absolute atomic E-state index is 12.4. The standard InChI is InChI=1S/C16H25N5O.2ClH/c17-13-5-1-4-12(10-13)15(22)20-14-6-2-9-21(11-14)16-18-7-3-8-19-16;;/h3,7-8,12-14H,1-2,4-6,9-11,17H2,(H,20,22);2*1H. The lowest BCUT2D eigenvalue weighted by atomic mass is 9.85. The molecular formula is C16H27Cl2N5O. The first-order valence-electron chi connectivity index (χ1n) is 8.30. The third kappa shape index (κ3) is 5.46. The predicted octanol–water partition coefficient (Wildman–Crippen LogP) is 1.92. The molecule has 1 aromatic rings. The number of nitrogens with zero attached hydrogens (tertiary/aromatic N) is 3. The largest absolute Gasteiger partial charge is 0.351 e. The highest BCUT2D eigenvalue weighted by atomic mass is 35.5. The van der Waals surface area contributed by atoms with Gasteiger partial charge in [0.25, 0.3) is 0 Å². The number of amides is 1. The van der Waals surface area contributed by atoms with Crippen LogP contribution in [0, 0.1) is 5.92 Å². The van der Waals surface area contributed by atoms with E-state index in [9.17, 15) is 4.79 Å². The minimum Gasteiger partial charge on any atom is -0.351 e. The summed E-state index contributed by atoms with van der Waals surface area (Å²) < 4.78 is 0. The Balaban J connectivity index is 0.00000144. The molecule has 2 aliphatic rings. The molecule has 1 amide bonds. The van der Waals surface area contributed by atoms with Gasteiger partial charge in [0, 0.05) is 43.5 Å². The van der Waals surface area contributed by atoms with Gasteiger partial charge >= 0.3 is 0 Å². The SMILES string of the molecule is Cl.Cl.NC1CCCC(C(=O)NC2CCCN(c3ncccn3)C2)C1. The molecule has 3 rings (SSSR count). The van der Waals surface area contributed by atoms with Gasteiger partial charge in [-0.15, -0.1) is 24.8 Å². The molecule has 1 aliphatic carbocycles. The number of nitrogens with two attached hydrogens (primary N) is 1. The smallest absolute Gasteiger partial charge is 0.225 e. The van der Waals surface area contributed by atoms with Gasteiger partial charge in [0.1, 0.15) is 0 Å². The summed E-state index contributed by atoms with van der Waals surface area (Å²) in [5.41, 5.74) is 5.99. The highest BCUT2D eigenvalue weighted by molar-refractivity contribution is 5.85. The fourth-order valence-corrected chi connectivity index (χ4v) is 3.52. The Morgan fingerprint density at radius 3 is 2.62 bits per heavy atom. The summed E-state index contributed by atoms with van der Waals surface area (Å²) in [7, 11) is 0. The molecule has 136 valence electrons. The van der Waals surface area contributed by atoms with Crippen LogP contribution in [0.25, 0.3) is 0 Å². The van der Waals surface area contributed by atoms with E-state index in [1.54, 1.807) is 12.4 Å². The van der Waals surface area contributed by atoms with Crippen molar-refractivity contribution in [2.24, 2.45) is 11.7 Å². The highest BCUT2D eigenvalue weighted by Crippen LogP contribution is 2.24. The lowest BCUT2D eigenvalue weighted by molar-refractivity contribution is -0.126. The van der Waals surface area contributed by atoms with Crippen molar-refractivity contribution in [1.29, 1.82) is 0 Å². The Bertz CT molecular complexity index is 505. The van der Waals surface area contributed by atoms with Crippen LogP contribution in [0.4, 0.5) is 5.95 Å². The summed E-state index contributed by atoms with van der Waals surface area (Å²) in [5.74, 6) is 1.02. The van der Waals surface area contributed by atoms with E-state index in [2.05, 4.69) is 20.2 Å². The average Bonchev–Trinajstić information content (AvgIpc) is 2.56. The summed E-state index contributed by atoms with van der Waals surface area (Å²) in [6.07, 6.45) is 9.49. The van der Waals surface area contributed by atoms with Crippen molar-refractivity contribution in [2.75, 3.05) is 18.0 Å². The molecule has 1 saturated carbocycles. The number of hydrogen-bond donors (Lipinski definition) is 2. The first-order chi connectivity index (χ1) is 10.7. The number of anilines is 1. The molecule has 1 aromatic heterocycles. The predicted molar refractivity (Wildman–Crippen MR) is 99.8 cm³/mol. The zero-order valence-corrected chi connectivity index (χ0v) is 15.4. The number of carbonyl (C=O) groups is 1. The number of rotatable bonds is 3. The normalized spacial score (nSPS) is 26.7. The molecule has 2 fully saturated rings. The van der Waals surface area contributed by atoms with Gasteiger partial charge in [-0.05, 0) is 38.2 Å². The zero-order valence-electron chi connectivity index (χ0n) is 13.8. The zero-order chi connectivity index (χ0) is 15.4. The molecule has 24 heavy (non-hydrogen) atoms. The Labute approximate surface area is 155 Å². The molecule has 3 unspecified atom stereocenters. The van der Waals surface area contributed by atoms with Crippen LogP contribution in [-0.2, 0) is 4.79 Å². The molecule has 0 bridgehead atoms. The quantitative estimate of drug-likeness (QED) is 0.842. The summed E-state index contributed by atoms with van der Waals surface area (Å²) in [6, 6.07) is 2.19. The van der Waals surface area contributed by atoms with Gasteiger partial charge in [0.05, 0.1) is 0 Å². The van der Waals surface area contributed by atoms with E-state index in [-0.39, 0.29) is 48.7 Å². The second-order valence-electron chi connectivity index (χ2n) is 6.47. The molecule has 1 saturated heterocycles. The Kier molecular flexibility index (Phi) is 8.73. The average molecular weight is 376 g/mol. The maximum atomic E-state index is 12.4. The van der Waals surface area contributed by atoms with Crippen molar-refractivity contribution in [3.63, 3.8) is 0 Å². The van der Waals surface area contributed by atoms with Crippen molar-refractivity contribution in [3.8, 4) is 0 Å². The van der Waals surface area contributed by atoms with Crippen LogP contribution in [0.15, 0.2) is 18.5 Å². The monoisotopic (exact) mass is 375 g/mol. The van der Waals surface area contributed by atoms with E-state index in [1.165, 1.54) is 0 Å². The van der Waals surface area contributed by atoms with E-state index in [4.69, 9.17) is 5.73 Å². The van der Waals surface area contributed by atoms with Crippen molar-refractivity contribution in [2.45, 2.75) is 50.6 Å². The number of halogens is 2. The fourth-order valence-electron chi connectivity index (χ4n) is 3.52. The van der Waals surface area contributed by atoms with Crippen LogP contribution in [-0.4, -0.2) is 41.0 Å². The van der Waals surface area contributed by atoms with Gasteiger partial charge in [0.15, 0.2) is 0 Å². The summed E-state index contributed by atoms with van der Waals surface area (Å²) >= 11 is 0. The fraction of sp³-hybridized carbons (Fsp3) is 0.688. The first-order valence-corrected chi connectivity index (χ1v) is 8.30. The first kappa shape index (κ1) is 20.9. The molecule has 3 atom stereocenters. The van der Waals surface area contributed by atoms with E-state index < -0.39 is 0 Å². The minimum absolute atomic E-state index is 0. The maximum Gasteiger partial charge on any atom is 0.225 e. The Morgan fingerprint density at radius 2 is 1.92 bits per heavy atom. The van der Waals surface area contributed by atoms with Crippen LogP contribution in [0.5, 0.6) is 0 Å². The van der Waals surface area contributed by atoms with Gasteiger partial charge in [-0.2, -0.15) is 0 Å². The number of aromatic nitrogens is 2. The van der Waals surface area contributed by atoms with E-state index in [0.29, 0.717) is 0 Å². The molecule has 3 N–H and O–H groups in total. The van der Waals surface area contributed by atoms with Crippen LogP contribution < -0.4 is 16.0 Å². The lowest BCUT2D eigenvalue weighted by Crippen LogP contribution is -2.50. The van der Waals surface area contributed by atoms with Crippen molar-refractivity contribution >= 4 is 36.7 Å². The number of nitrogens with one attached hydrogen (secondary N) is 1. The minimum atomic E-state index is 0. The van der Waals surface area contributed by atoms with Gasteiger partial charge in [-0.3, -0.25) is 4.79 Å². The van der Waals surface area contributed by atoms with Crippen molar-refractivity contribution in [1.82, 2.24) is 15.3 Å². The highest BCUT2D eigenvalue weighted by Gasteiger charge is 2.29. The molecular weight excluding hydrogens is 349 g/mol. The van der Waals surface area contributed by atoms with Crippen LogP contribution in [0.2, 0.25) is 0 Å². The van der Waals surface area contributed by atoms with Gasteiger partial charge < -0.3 is 16.0 Å². The van der Waals surface area contributed by atoms with Crippen LogP contribution >= 0.6 is 24.8 Å². The van der Waals surface area contributed by atoms with Crippen molar-refractivity contribution < 1.29 is 4.79 Å². The lowest BCUT2D eigenvalue weighted by Gasteiger charge is -2.34. The molecule has 6 nitrogen and oxygen atoms in total. The molecule has 2 heterocycles. The van der Waals surface area contributed by atoms with Crippen LogP contribution in [0.1, 0.15) is 38.5 Å². The van der Waals surface area contributed by atoms with Crippen LogP contribution in [0.3, 0.4) is 0 Å². The van der Waals surface area contributed by atoms with E-state index >= 15 is 0 Å². The summed E-state index contributed by atoms with van der Waals surface area (Å²) in [5, 5.41) is 3.22. The third-order valence-electron chi connectivity index (χ3n) is 4.69.